The summed E-state index contributed by atoms with van der Waals surface area (Å²) in [6, 6.07) is 6.94. The van der Waals surface area contributed by atoms with Crippen molar-refractivity contribution in [3.63, 3.8) is 0 Å². The van der Waals surface area contributed by atoms with Gasteiger partial charge in [-0.25, -0.2) is 0 Å². The monoisotopic (exact) mass is 275 g/mol. The van der Waals surface area contributed by atoms with Crippen molar-refractivity contribution in [3.8, 4) is 5.75 Å². The first kappa shape index (κ1) is 15.4. The van der Waals surface area contributed by atoms with Gasteiger partial charge in [0.25, 0.3) is 0 Å². The van der Waals surface area contributed by atoms with E-state index in [1.54, 1.807) is 0 Å². The van der Waals surface area contributed by atoms with Gasteiger partial charge in [-0.1, -0.05) is 38.5 Å². The zero-order chi connectivity index (χ0) is 14.7. The van der Waals surface area contributed by atoms with Crippen molar-refractivity contribution in [2.75, 3.05) is 6.54 Å². The minimum absolute atomic E-state index is 0.285. The van der Waals surface area contributed by atoms with Gasteiger partial charge in [0.05, 0.1) is 0 Å². The van der Waals surface area contributed by atoms with E-state index < -0.39 is 0 Å². The molecule has 1 aliphatic carbocycles. The molecule has 0 radical (unpaired) electrons. The number of hydrogen-bond acceptors (Lipinski definition) is 2. The molecular formula is C18H29NO. The first-order chi connectivity index (χ1) is 9.51. The van der Waals surface area contributed by atoms with E-state index in [0.29, 0.717) is 12.0 Å². The average Bonchev–Trinajstić information content (AvgIpc) is 2.36. The molecular weight excluding hydrogens is 246 g/mol. The fourth-order valence-electron chi connectivity index (χ4n) is 3.57. The molecule has 20 heavy (non-hydrogen) atoms. The van der Waals surface area contributed by atoms with Crippen LogP contribution in [0.5, 0.6) is 5.75 Å². The van der Waals surface area contributed by atoms with Gasteiger partial charge in [-0.15, -0.1) is 0 Å². The van der Waals surface area contributed by atoms with Crippen LogP contribution in [-0.4, -0.2) is 18.7 Å². The van der Waals surface area contributed by atoms with Gasteiger partial charge < -0.3 is 10.1 Å². The Morgan fingerprint density at radius 2 is 1.95 bits per heavy atom. The summed E-state index contributed by atoms with van der Waals surface area (Å²) in [5, 5.41) is 3.62. The summed E-state index contributed by atoms with van der Waals surface area (Å²) in [5.74, 6) is 2.43. The number of hydrogen-bond donors (Lipinski definition) is 1. The summed E-state index contributed by atoms with van der Waals surface area (Å²) in [4.78, 5) is 0. The molecule has 2 rings (SSSR count). The van der Waals surface area contributed by atoms with Crippen LogP contribution >= 0.6 is 0 Å². The van der Waals surface area contributed by atoms with Gasteiger partial charge in [0.15, 0.2) is 0 Å². The largest absolute Gasteiger partial charge is 0.488 e. The molecule has 4 unspecified atom stereocenters. The van der Waals surface area contributed by atoms with E-state index in [4.69, 9.17) is 4.74 Å². The molecule has 0 saturated heterocycles. The van der Waals surface area contributed by atoms with Crippen molar-refractivity contribution in [2.24, 2.45) is 11.8 Å². The lowest BCUT2D eigenvalue weighted by atomic mass is 9.78. The summed E-state index contributed by atoms with van der Waals surface area (Å²) >= 11 is 0. The van der Waals surface area contributed by atoms with Crippen molar-refractivity contribution >= 4 is 0 Å². The number of likely N-dealkylation sites (N-methyl/N-ethyl adjacent to an activating group) is 1. The second-order valence-electron chi connectivity index (χ2n) is 6.57. The molecule has 112 valence electrons. The van der Waals surface area contributed by atoms with Gasteiger partial charge in [-0.3, -0.25) is 0 Å². The Balaban J connectivity index is 2.15. The Morgan fingerprint density at radius 3 is 2.60 bits per heavy atom. The second-order valence-corrected chi connectivity index (χ2v) is 6.57. The molecule has 0 spiro atoms. The summed E-state index contributed by atoms with van der Waals surface area (Å²) in [5.41, 5.74) is 2.54. The minimum atomic E-state index is 0.285. The fraction of sp³-hybridized carbons (Fsp3) is 0.667. The Labute approximate surface area is 123 Å². The maximum absolute atomic E-state index is 6.40. The lowest BCUT2D eigenvalue weighted by Crippen LogP contribution is -2.50. The van der Waals surface area contributed by atoms with Crippen molar-refractivity contribution < 1.29 is 4.74 Å². The third-order valence-corrected chi connectivity index (χ3v) is 4.45. The van der Waals surface area contributed by atoms with Crippen LogP contribution in [-0.2, 0) is 0 Å². The molecule has 1 aromatic rings. The molecule has 0 aromatic heterocycles. The van der Waals surface area contributed by atoms with E-state index in [9.17, 15) is 0 Å². The van der Waals surface area contributed by atoms with Crippen LogP contribution in [0.15, 0.2) is 18.2 Å². The number of nitrogens with one attached hydrogen (secondary N) is 1. The van der Waals surface area contributed by atoms with E-state index in [1.807, 2.05) is 0 Å². The van der Waals surface area contributed by atoms with Gasteiger partial charge in [-0.2, -0.15) is 0 Å². The molecule has 0 bridgehead atoms. The van der Waals surface area contributed by atoms with Gasteiger partial charge >= 0.3 is 0 Å². The highest BCUT2D eigenvalue weighted by atomic mass is 16.5. The standard InChI is InChI=1S/C18H29NO/c1-6-19-16-11-13(3)10-15(5)18(16)20-17-8-7-12(2)9-14(17)4/h7-9,13,15-16,18-19H,6,10-11H2,1-5H3. The molecule has 1 aromatic carbocycles. The van der Waals surface area contributed by atoms with Crippen LogP contribution in [0.2, 0.25) is 0 Å². The maximum atomic E-state index is 6.40. The Morgan fingerprint density at radius 1 is 1.20 bits per heavy atom. The van der Waals surface area contributed by atoms with Crippen LogP contribution in [0.3, 0.4) is 0 Å². The van der Waals surface area contributed by atoms with Gasteiger partial charge in [0.1, 0.15) is 11.9 Å². The van der Waals surface area contributed by atoms with Crippen LogP contribution in [0.25, 0.3) is 0 Å². The van der Waals surface area contributed by atoms with E-state index >= 15 is 0 Å². The van der Waals surface area contributed by atoms with Crippen LogP contribution in [0.4, 0.5) is 0 Å². The molecule has 4 atom stereocenters. The highest BCUT2D eigenvalue weighted by Crippen LogP contribution is 2.33. The van der Waals surface area contributed by atoms with E-state index in [2.05, 4.69) is 58.1 Å². The topological polar surface area (TPSA) is 21.3 Å². The van der Waals surface area contributed by atoms with Crippen molar-refractivity contribution in [2.45, 2.75) is 59.6 Å². The van der Waals surface area contributed by atoms with Crippen molar-refractivity contribution in [1.82, 2.24) is 5.32 Å². The Kier molecular flexibility index (Phi) is 5.09. The van der Waals surface area contributed by atoms with Crippen LogP contribution in [0.1, 0.15) is 44.7 Å². The normalized spacial score (nSPS) is 30.2. The first-order valence-electron chi connectivity index (χ1n) is 7.98. The quantitative estimate of drug-likeness (QED) is 0.893. The number of benzene rings is 1. The Bertz CT molecular complexity index is 443. The second kappa shape index (κ2) is 6.62. The zero-order valence-corrected chi connectivity index (χ0v) is 13.6. The molecule has 2 nitrogen and oxygen atoms in total. The number of aryl methyl sites for hydroxylation is 2. The van der Waals surface area contributed by atoms with Crippen LogP contribution in [0, 0.1) is 25.7 Å². The molecule has 0 aliphatic heterocycles. The van der Waals surface area contributed by atoms with Gasteiger partial charge in [0.2, 0.25) is 0 Å². The van der Waals surface area contributed by atoms with Gasteiger partial charge in [-0.05, 0) is 56.7 Å². The zero-order valence-electron chi connectivity index (χ0n) is 13.6. The number of rotatable bonds is 4. The molecule has 0 heterocycles. The molecule has 1 N–H and O–H groups in total. The summed E-state index contributed by atoms with van der Waals surface area (Å²) < 4.78 is 6.40. The molecule has 1 fully saturated rings. The minimum Gasteiger partial charge on any atom is -0.488 e. The Hall–Kier alpha value is -1.02. The molecule has 1 aliphatic rings. The average molecular weight is 275 g/mol. The third-order valence-electron chi connectivity index (χ3n) is 4.45. The van der Waals surface area contributed by atoms with E-state index in [-0.39, 0.29) is 6.10 Å². The van der Waals surface area contributed by atoms with E-state index in [1.165, 1.54) is 24.0 Å². The molecule has 2 heteroatoms. The predicted molar refractivity (Wildman–Crippen MR) is 85.4 cm³/mol. The summed E-state index contributed by atoms with van der Waals surface area (Å²) in [6.07, 6.45) is 2.76. The SMILES string of the molecule is CCNC1CC(C)CC(C)C1Oc1ccc(C)cc1C. The molecule has 1 saturated carbocycles. The van der Waals surface area contributed by atoms with Gasteiger partial charge in [0, 0.05) is 6.04 Å². The van der Waals surface area contributed by atoms with Crippen molar-refractivity contribution in [3.05, 3.63) is 29.3 Å². The highest BCUT2D eigenvalue weighted by Gasteiger charge is 2.35. The summed E-state index contributed by atoms with van der Waals surface area (Å²) in [6.45, 7) is 12.1. The highest BCUT2D eigenvalue weighted by molar-refractivity contribution is 5.36. The smallest absolute Gasteiger partial charge is 0.122 e. The van der Waals surface area contributed by atoms with Crippen molar-refractivity contribution in [1.29, 1.82) is 0 Å². The third kappa shape index (κ3) is 3.54. The number of ether oxygens (including phenoxy) is 1. The lowest BCUT2D eigenvalue weighted by molar-refractivity contribution is 0.0478. The first-order valence-corrected chi connectivity index (χ1v) is 7.98. The maximum Gasteiger partial charge on any atom is 0.122 e. The fourth-order valence-corrected chi connectivity index (χ4v) is 3.57. The lowest BCUT2D eigenvalue weighted by Gasteiger charge is -2.40. The van der Waals surface area contributed by atoms with Crippen LogP contribution < -0.4 is 10.1 Å². The molecule has 0 amide bonds. The van der Waals surface area contributed by atoms with E-state index in [0.717, 1.165) is 18.2 Å². The predicted octanol–water partition coefficient (Wildman–Crippen LogP) is 4.09. The summed E-state index contributed by atoms with van der Waals surface area (Å²) in [7, 11) is 0.